The van der Waals surface area contributed by atoms with Crippen molar-refractivity contribution in [3.05, 3.63) is 18.2 Å². The van der Waals surface area contributed by atoms with E-state index in [1.54, 1.807) is 12.1 Å². The summed E-state index contributed by atoms with van der Waals surface area (Å²) >= 11 is 0. The van der Waals surface area contributed by atoms with Gasteiger partial charge in [0.25, 0.3) is 0 Å². The Hall–Kier alpha value is -1.31. The van der Waals surface area contributed by atoms with Gasteiger partial charge >= 0.3 is 0 Å². The molecule has 0 spiro atoms. The maximum absolute atomic E-state index is 11.7. The minimum Gasteiger partial charge on any atom is -0.399 e. The highest BCUT2D eigenvalue weighted by Gasteiger charge is 2.26. The van der Waals surface area contributed by atoms with Crippen LogP contribution < -0.4 is 15.8 Å². The summed E-state index contributed by atoms with van der Waals surface area (Å²) < 4.78 is 29.0. The monoisotopic (exact) mass is 285 g/mol. The van der Waals surface area contributed by atoms with Gasteiger partial charge in [0.1, 0.15) is 4.90 Å². The molecule has 1 fully saturated rings. The summed E-state index contributed by atoms with van der Waals surface area (Å²) in [4.78, 5) is 2.03. The molecule has 6 nitrogen and oxygen atoms in total. The number of anilines is 2. The van der Waals surface area contributed by atoms with Crippen LogP contribution in [0.5, 0.6) is 0 Å². The summed E-state index contributed by atoms with van der Waals surface area (Å²) in [5.74, 6) is 0. The predicted octanol–water partition coefficient (Wildman–Crippen LogP) is 0.530. The first-order chi connectivity index (χ1) is 8.77. The molecule has 1 aliphatic heterocycles. The highest BCUT2D eigenvalue weighted by atomic mass is 32.2. The van der Waals surface area contributed by atoms with Crippen LogP contribution >= 0.6 is 0 Å². The average Bonchev–Trinajstić information content (AvgIpc) is 2.26. The smallest absolute Gasteiger partial charge is 0.240 e. The fraction of sp³-hybridized carbons (Fsp3) is 0.500. The molecule has 0 amide bonds. The fourth-order valence-corrected chi connectivity index (χ4v) is 3.18. The summed E-state index contributed by atoms with van der Waals surface area (Å²) in [6.45, 7) is 5.15. The molecule has 7 heteroatoms. The van der Waals surface area contributed by atoms with E-state index < -0.39 is 10.0 Å². The lowest BCUT2D eigenvalue weighted by molar-refractivity contribution is -0.00537. The summed E-state index contributed by atoms with van der Waals surface area (Å²) in [7, 11) is -3.80. The highest BCUT2D eigenvalue weighted by molar-refractivity contribution is 7.89. The second-order valence-corrected chi connectivity index (χ2v) is 6.46. The molecule has 4 N–H and O–H groups in total. The van der Waals surface area contributed by atoms with Gasteiger partial charge in [-0.3, -0.25) is 0 Å². The Kier molecular flexibility index (Phi) is 3.71. The van der Waals surface area contributed by atoms with E-state index in [0.717, 1.165) is 0 Å². The maximum Gasteiger partial charge on any atom is 0.240 e. The maximum atomic E-state index is 11.7. The summed E-state index contributed by atoms with van der Waals surface area (Å²) in [6.07, 6.45) is 0.0734. The Morgan fingerprint density at radius 2 is 1.84 bits per heavy atom. The number of rotatable bonds is 2. The summed E-state index contributed by atoms with van der Waals surface area (Å²) in [5.41, 5.74) is 6.60. The molecular weight excluding hydrogens is 266 g/mol. The van der Waals surface area contributed by atoms with Crippen molar-refractivity contribution in [3.63, 3.8) is 0 Å². The molecule has 0 saturated carbocycles. The minimum absolute atomic E-state index is 0.0367. The van der Waals surface area contributed by atoms with Crippen LogP contribution in [0.2, 0.25) is 0 Å². The zero-order valence-electron chi connectivity index (χ0n) is 11.0. The minimum atomic E-state index is -3.80. The number of primary sulfonamides is 1. The zero-order chi connectivity index (χ0) is 14.2. The quantitative estimate of drug-likeness (QED) is 0.772. The van der Waals surface area contributed by atoms with Crippen LogP contribution in [0.4, 0.5) is 11.4 Å². The van der Waals surface area contributed by atoms with Gasteiger partial charge in [0.15, 0.2) is 0 Å². The van der Waals surface area contributed by atoms with E-state index in [9.17, 15) is 8.42 Å². The van der Waals surface area contributed by atoms with Crippen molar-refractivity contribution < 1.29 is 13.2 Å². The Morgan fingerprint density at radius 1 is 1.26 bits per heavy atom. The largest absolute Gasteiger partial charge is 0.399 e. The molecule has 1 aliphatic rings. The Bertz CT molecular complexity index is 564. The number of nitrogens with zero attached hydrogens (tertiary/aromatic N) is 1. The van der Waals surface area contributed by atoms with Gasteiger partial charge in [-0.05, 0) is 32.0 Å². The molecule has 1 saturated heterocycles. The van der Waals surface area contributed by atoms with E-state index in [1.807, 2.05) is 18.7 Å². The van der Waals surface area contributed by atoms with E-state index in [1.165, 1.54) is 6.07 Å². The van der Waals surface area contributed by atoms with E-state index in [-0.39, 0.29) is 17.1 Å². The lowest BCUT2D eigenvalue weighted by atomic mass is 10.2. The van der Waals surface area contributed by atoms with Crippen molar-refractivity contribution in [2.75, 3.05) is 23.7 Å². The second-order valence-electron chi connectivity index (χ2n) is 4.93. The number of hydrogen-bond donors (Lipinski definition) is 2. The van der Waals surface area contributed by atoms with Crippen LogP contribution in [-0.2, 0) is 14.8 Å². The molecule has 0 radical (unpaired) electrons. The molecular formula is C12H19N3O3S. The van der Waals surface area contributed by atoms with E-state index >= 15 is 0 Å². The summed E-state index contributed by atoms with van der Waals surface area (Å²) in [6, 6.07) is 4.77. The predicted molar refractivity (Wildman–Crippen MR) is 74.4 cm³/mol. The van der Waals surface area contributed by atoms with Crippen molar-refractivity contribution in [1.82, 2.24) is 0 Å². The lowest BCUT2D eigenvalue weighted by Crippen LogP contribution is -2.46. The SMILES string of the molecule is CC1CN(c2ccc(N)cc2S(N)(=O)=O)CC(C)O1. The molecule has 2 atom stereocenters. The number of hydrogen-bond acceptors (Lipinski definition) is 5. The third kappa shape index (κ3) is 3.17. The van der Waals surface area contributed by atoms with Crippen molar-refractivity contribution >= 4 is 21.4 Å². The molecule has 1 aromatic carbocycles. The molecule has 0 aromatic heterocycles. The number of morpholine rings is 1. The van der Waals surface area contributed by atoms with Crippen molar-refractivity contribution in [1.29, 1.82) is 0 Å². The van der Waals surface area contributed by atoms with Gasteiger partial charge in [-0.25, -0.2) is 13.6 Å². The summed E-state index contributed by atoms with van der Waals surface area (Å²) in [5, 5.41) is 5.26. The van der Waals surface area contributed by atoms with Gasteiger partial charge in [-0.15, -0.1) is 0 Å². The van der Waals surface area contributed by atoms with Crippen molar-refractivity contribution in [2.45, 2.75) is 31.0 Å². The first kappa shape index (κ1) is 14.1. The van der Waals surface area contributed by atoms with Gasteiger partial charge in [0.05, 0.1) is 17.9 Å². The number of nitrogen functional groups attached to an aromatic ring is 1. The molecule has 19 heavy (non-hydrogen) atoms. The van der Waals surface area contributed by atoms with Crippen LogP contribution in [0.1, 0.15) is 13.8 Å². The topological polar surface area (TPSA) is 98.6 Å². The Morgan fingerprint density at radius 3 is 2.37 bits per heavy atom. The van der Waals surface area contributed by atoms with Crippen molar-refractivity contribution in [2.24, 2.45) is 5.14 Å². The van der Waals surface area contributed by atoms with Gasteiger partial charge in [-0.2, -0.15) is 0 Å². The molecule has 2 rings (SSSR count). The van der Waals surface area contributed by atoms with Crippen LogP contribution in [0, 0.1) is 0 Å². The molecule has 2 unspecified atom stereocenters. The second kappa shape index (κ2) is 4.99. The van der Waals surface area contributed by atoms with E-state index in [4.69, 9.17) is 15.6 Å². The molecule has 0 bridgehead atoms. The molecule has 1 heterocycles. The Labute approximate surface area is 113 Å². The lowest BCUT2D eigenvalue weighted by Gasteiger charge is -2.37. The molecule has 0 aliphatic carbocycles. The van der Waals surface area contributed by atoms with Gasteiger partial charge in [0.2, 0.25) is 10.0 Å². The molecule has 1 aromatic rings. The van der Waals surface area contributed by atoms with E-state index in [2.05, 4.69) is 0 Å². The Balaban J connectivity index is 2.44. The highest BCUT2D eigenvalue weighted by Crippen LogP contribution is 2.29. The molecule has 106 valence electrons. The number of benzene rings is 1. The number of sulfonamides is 1. The van der Waals surface area contributed by atoms with Crippen LogP contribution in [0.15, 0.2) is 23.1 Å². The van der Waals surface area contributed by atoms with Crippen LogP contribution in [0.25, 0.3) is 0 Å². The van der Waals surface area contributed by atoms with Gasteiger partial charge in [-0.1, -0.05) is 0 Å². The number of ether oxygens (including phenoxy) is 1. The number of nitrogens with two attached hydrogens (primary N) is 2. The first-order valence-corrected chi connectivity index (χ1v) is 7.64. The van der Waals surface area contributed by atoms with Crippen molar-refractivity contribution in [3.8, 4) is 0 Å². The normalized spacial score (nSPS) is 24.5. The average molecular weight is 285 g/mol. The van der Waals surface area contributed by atoms with Crippen LogP contribution in [-0.4, -0.2) is 33.7 Å². The zero-order valence-corrected chi connectivity index (χ0v) is 11.9. The van der Waals surface area contributed by atoms with E-state index in [0.29, 0.717) is 24.5 Å². The third-order valence-electron chi connectivity index (χ3n) is 3.05. The standard InChI is InChI=1S/C12H19N3O3S/c1-8-6-15(7-9(2)18-8)11-4-3-10(13)5-12(11)19(14,16)17/h3-5,8-9H,6-7,13H2,1-2H3,(H2,14,16,17). The van der Waals surface area contributed by atoms with Gasteiger partial charge < -0.3 is 15.4 Å². The van der Waals surface area contributed by atoms with Crippen LogP contribution in [0.3, 0.4) is 0 Å². The third-order valence-corrected chi connectivity index (χ3v) is 3.99. The van der Waals surface area contributed by atoms with Gasteiger partial charge in [0, 0.05) is 18.8 Å². The first-order valence-electron chi connectivity index (χ1n) is 6.10. The fourth-order valence-electron chi connectivity index (χ4n) is 2.39.